The van der Waals surface area contributed by atoms with Crippen LogP contribution in [0.4, 0.5) is 4.39 Å². The molecule has 1 N–H and O–H groups in total. The molecule has 1 unspecified atom stereocenters. The summed E-state index contributed by atoms with van der Waals surface area (Å²) in [6.07, 6.45) is 0.296. The Morgan fingerprint density at radius 3 is 2.60 bits per heavy atom. The summed E-state index contributed by atoms with van der Waals surface area (Å²) >= 11 is 5.61. The van der Waals surface area contributed by atoms with Crippen LogP contribution >= 0.6 is 11.6 Å². The third-order valence-corrected chi connectivity index (χ3v) is 3.22. The maximum atomic E-state index is 13.3. The van der Waals surface area contributed by atoms with Crippen molar-refractivity contribution < 1.29 is 14.2 Å². The van der Waals surface area contributed by atoms with Gasteiger partial charge in [0.15, 0.2) is 0 Å². The zero-order chi connectivity index (χ0) is 14.4. The molecule has 0 radical (unpaired) electrons. The predicted octanol–water partition coefficient (Wildman–Crippen LogP) is 3.85. The highest BCUT2D eigenvalue weighted by molar-refractivity contribution is 6.30. The van der Waals surface area contributed by atoms with Gasteiger partial charge in [-0.3, -0.25) is 0 Å². The number of aliphatic hydroxyl groups excluding tert-OH is 1. The predicted molar refractivity (Wildman–Crippen MR) is 77.7 cm³/mol. The van der Waals surface area contributed by atoms with Crippen molar-refractivity contribution in [3.63, 3.8) is 0 Å². The Balaban J connectivity index is 1.77. The van der Waals surface area contributed by atoms with Crippen LogP contribution < -0.4 is 4.74 Å². The van der Waals surface area contributed by atoms with E-state index in [2.05, 4.69) is 0 Å². The van der Waals surface area contributed by atoms with E-state index in [1.807, 2.05) is 30.3 Å². The SMILES string of the molecule is OC(CCOc1ccccc1)Cc1ccc(Cl)c(F)c1. The van der Waals surface area contributed by atoms with E-state index in [0.29, 0.717) is 19.4 Å². The summed E-state index contributed by atoms with van der Waals surface area (Å²) in [5, 5.41) is 10.00. The topological polar surface area (TPSA) is 29.5 Å². The normalized spacial score (nSPS) is 12.2. The van der Waals surface area contributed by atoms with Gasteiger partial charge in [0.25, 0.3) is 0 Å². The van der Waals surface area contributed by atoms with E-state index in [1.165, 1.54) is 12.1 Å². The van der Waals surface area contributed by atoms with Crippen molar-refractivity contribution in [3.8, 4) is 5.75 Å². The van der Waals surface area contributed by atoms with Gasteiger partial charge in [-0.1, -0.05) is 35.9 Å². The summed E-state index contributed by atoms with van der Waals surface area (Å²) in [5.74, 6) is 0.314. The summed E-state index contributed by atoms with van der Waals surface area (Å²) in [6, 6.07) is 14.0. The molecule has 0 fully saturated rings. The van der Waals surface area contributed by atoms with Gasteiger partial charge in [0.2, 0.25) is 0 Å². The smallest absolute Gasteiger partial charge is 0.142 e. The number of hydrogen-bond donors (Lipinski definition) is 1. The lowest BCUT2D eigenvalue weighted by atomic mass is 10.1. The molecular formula is C16H16ClFO2. The van der Waals surface area contributed by atoms with Crippen LogP contribution in [0, 0.1) is 5.82 Å². The molecule has 2 nitrogen and oxygen atoms in total. The average Bonchev–Trinajstić information content (AvgIpc) is 2.44. The molecule has 0 aliphatic heterocycles. The molecule has 0 aliphatic rings. The molecule has 0 amide bonds. The maximum absolute atomic E-state index is 13.3. The number of para-hydroxylation sites is 1. The van der Waals surface area contributed by atoms with Gasteiger partial charge in [-0.15, -0.1) is 0 Å². The van der Waals surface area contributed by atoms with E-state index < -0.39 is 11.9 Å². The van der Waals surface area contributed by atoms with Gasteiger partial charge in [0.05, 0.1) is 17.7 Å². The second-order valence-electron chi connectivity index (χ2n) is 4.56. The van der Waals surface area contributed by atoms with Crippen molar-refractivity contribution in [2.45, 2.75) is 18.9 Å². The van der Waals surface area contributed by atoms with Crippen molar-refractivity contribution in [3.05, 3.63) is 64.9 Å². The van der Waals surface area contributed by atoms with Crippen LogP contribution in [0.25, 0.3) is 0 Å². The van der Waals surface area contributed by atoms with Gasteiger partial charge in [0.1, 0.15) is 11.6 Å². The van der Waals surface area contributed by atoms with Crippen LogP contribution in [0.3, 0.4) is 0 Å². The molecule has 2 aromatic rings. The number of rotatable bonds is 6. The zero-order valence-corrected chi connectivity index (χ0v) is 11.7. The highest BCUT2D eigenvalue weighted by Gasteiger charge is 2.08. The van der Waals surface area contributed by atoms with Crippen molar-refractivity contribution >= 4 is 11.6 Å². The molecule has 0 spiro atoms. The van der Waals surface area contributed by atoms with E-state index in [9.17, 15) is 9.50 Å². The summed E-state index contributed by atoms with van der Waals surface area (Å²) in [6.45, 7) is 0.418. The monoisotopic (exact) mass is 294 g/mol. The highest BCUT2D eigenvalue weighted by atomic mass is 35.5. The second kappa shape index (κ2) is 7.27. The minimum atomic E-state index is -0.570. The molecule has 2 aromatic carbocycles. The van der Waals surface area contributed by atoms with Crippen LogP contribution in [-0.4, -0.2) is 17.8 Å². The van der Waals surface area contributed by atoms with Crippen molar-refractivity contribution in [2.75, 3.05) is 6.61 Å². The Morgan fingerprint density at radius 1 is 1.15 bits per heavy atom. The first kappa shape index (κ1) is 14.8. The lowest BCUT2D eigenvalue weighted by Gasteiger charge is -2.12. The molecule has 2 rings (SSSR count). The quantitative estimate of drug-likeness (QED) is 0.877. The van der Waals surface area contributed by atoms with Crippen LogP contribution in [-0.2, 0) is 6.42 Å². The van der Waals surface area contributed by atoms with Crippen LogP contribution in [0.2, 0.25) is 5.02 Å². The standard InChI is InChI=1S/C16H16ClFO2/c17-15-7-6-12(11-16(15)18)10-13(19)8-9-20-14-4-2-1-3-5-14/h1-7,11,13,19H,8-10H2. The Kier molecular flexibility index (Phi) is 5.39. The number of halogens is 2. The summed E-state index contributed by atoms with van der Waals surface area (Å²) in [4.78, 5) is 0. The van der Waals surface area contributed by atoms with E-state index in [-0.39, 0.29) is 5.02 Å². The first-order valence-electron chi connectivity index (χ1n) is 6.45. The number of hydrogen-bond acceptors (Lipinski definition) is 2. The molecule has 0 bridgehead atoms. The average molecular weight is 295 g/mol. The largest absolute Gasteiger partial charge is 0.493 e. The van der Waals surface area contributed by atoms with Crippen molar-refractivity contribution in [1.82, 2.24) is 0 Å². The molecule has 0 saturated carbocycles. The first-order chi connectivity index (χ1) is 9.65. The Bertz CT molecular complexity index is 545. The van der Waals surface area contributed by atoms with Gasteiger partial charge >= 0.3 is 0 Å². The lowest BCUT2D eigenvalue weighted by Crippen LogP contribution is -2.15. The van der Waals surface area contributed by atoms with E-state index in [4.69, 9.17) is 16.3 Å². The second-order valence-corrected chi connectivity index (χ2v) is 4.96. The zero-order valence-electron chi connectivity index (χ0n) is 10.9. The maximum Gasteiger partial charge on any atom is 0.142 e. The lowest BCUT2D eigenvalue weighted by molar-refractivity contribution is 0.139. The van der Waals surface area contributed by atoms with Crippen molar-refractivity contribution in [2.24, 2.45) is 0 Å². The van der Waals surface area contributed by atoms with Crippen LogP contribution in [0.1, 0.15) is 12.0 Å². The fraction of sp³-hybridized carbons (Fsp3) is 0.250. The fourth-order valence-electron chi connectivity index (χ4n) is 1.87. The minimum Gasteiger partial charge on any atom is -0.493 e. The van der Waals surface area contributed by atoms with Crippen LogP contribution in [0.15, 0.2) is 48.5 Å². The summed E-state index contributed by atoms with van der Waals surface area (Å²) in [7, 11) is 0. The molecule has 4 heteroatoms. The number of benzene rings is 2. The third kappa shape index (κ3) is 4.51. The molecule has 106 valence electrons. The Hall–Kier alpha value is -1.58. The van der Waals surface area contributed by atoms with Gasteiger partial charge < -0.3 is 9.84 Å². The number of aliphatic hydroxyl groups is 1. The first-order valence-corrected chi connectivity index (χ1v) is 6.83. The van der Waals surface area contributed by atoms with Crippen molar-refractivity contribution in [1.29, 1.82) is 0 Å². The van der Waals surface area contributed by atoms with Gasteiger partial charge in [-0.2, -0.15) is 0 Å². The minimum absolute atomic E-state index is 0.0932. The molecular weight excluding hydrogens is 279 g/mol. The van der Waals surface area contributed by atoms with E-state index in [0.717, 1.165) is 11.3 Å². The Labute approximate surface area is 122 Å². The molecule has 0 aliphatic carbocycles. The Morgan fingerprint density at radius 2 is 1.90 bits per heavy atom. The van der Waals surface area contributed by atoms with Crippen LogP contribution in [0.5, 0.6) is 5.75 Å². The molecule has 1 atom stereocenters. The highest BCUT2D eigenvalue weighted by Crippen LogP contribution is 2.17. The summed E-state index contributed by atoms with van der Waals surface area (Å²) < 4.78 is 18.8. The molecule has 0 saturated heterocycles. The van der Waals surface area contributed by atoms with Gasteiger partial charge in [-0.25, -0.2) is 4.39 Å². The fourth-order valence-corrected chi connectivity index (χ4v) is 1.99. The van der Waals surface area contributed by atoms with E-state index >= 15 is 0 Å². The summed E-state index contributed by atoms with van der Waals surface area (Å²) in [5.41, 5.74) is 0.721. The molecule has 0 heterocycles. The van der Waals surface area contributed by atoms with Gasteiger partial charge in [-0.05, 0) is 36.2 Å². The van der Waals surface area contributed by atoms with E-state index in [1.54, 1.807) is 6.07 Å². The molecule has 20 heavy (non-hydrogen) atoms. The van der Waals surface area contributed by atoms with Gasteiger partial charge in [0, 0.05) is 6.42 Å². The third-order valence-electron chi connectivity index (χ3n) is 2.92. The number of ether oxygens (including phenoxy) is 1. The molecule has 0 aromatic heterocycles.